The number of imidazole rings is 1. The zero-order valence-electron chi connectivity index (χ0n) is 12.0. The number of aromatic nitrogens is 2. The fourth-order valence-electron chi connectivity index (χ4n) is 2.82. The summed E-state index contributed by atoms with van der Waals surface area (Å²) >= 11 is 0. The number of nitrogens with one attached hydrogen (secondary N) is 1. The largest absolute Gasteiger partial charge is 0.356 e. The predicted octanol–water partition coefficient (Wildman–Crippen LogP) is 2.39. The van der Waals surface area contributed by atoms with Crippen molar-refractivity contribution >= 4 is 5.91 Å². The maximum atomic E-state index is 13.0. The van der Waals surface area contributed by atoms with Crippen LogP contribution >= 0.6 is 0 Å². The van der Waals surface area contributed by atoms with E-state index in [9.17, 15) is 9.18 Å². The van der Waals surface area contributed by atoms with Crippen molar-refractivity contribution in [3.8, 4) is 11.3 Å². The van der Waals surface area contributed by atoms with Gasteiger partial charge in [0.1, 0.15) is 11.6 Å². The average Bonchev–Trinajstić information content (AvgIpc) is 2.91. The molecule has 0 fully saturated rings. The summed E-state index contributed by atoms with van der Waals surface area (Å²) in [6, 6.07) is 6.38. The molecule has 0 bridgehead atoms. The van der Waals surface area contributed by atoms with Gasteiger partial charge in [-0.25, -0.2) is 9.37 Å². The zero-order chi connectivity index (χ0) is 14.8. The standard InChI is InChI=1S/C16H18FN3O/c1-2-18-16(21)12-5-8-15-19-9-14(20(15)10-12)11-3-6-13(17)7-4-11/h3-4,6-7,9,12H,2,5,8,10H2,1H3,(H,18,21). The molecule has 0 spiro atoms. The molecule has 1 atom stereocenters. The van der Waals surface area contributed by atoms with Gasteiger partial charge in [-0.2, -0.15) is 0 Å². The van der Waals surface area contributed by atoms with Crippen LogP contribution in [0.4, 0.5) is 4.39 Å². The highest BCUT2D eigenvalue weighted by atomic mass is 19.1. The Hall–Kier alpha value is -2.17. The lowest BCUT2D eigenvalue weighted by Gasteiger charge is -2.24. The van der Waals surface area contributed by atoms with E-state index >= 15 is 0 Å². The number of benzene rings is 1. The molecule has 0 saturated carbocycles. The molecule has 3 rings (SSSR count). The number of nitrogens with zero attached hydrogens (tertiary/aromatic N) is 2. The third-order valence-corrected chi connectivity index (χ3v) is 3.92. The minimum absolute atomic E-state index is 0.0224. The first-order valence-electron chi connectivity index (χ1n) is 7.27. The third kappa shape index (κ3) is 2.68. The second kappa shape index (κ2) is 5.68. The van der Waals surface area contributed by atoms with Crippen LogP contribution in [0.2, 0.25) is 0 Å². The molecule has 0 saturated heterocycles. The number of carbonyl (C=O) groups excluding carboxylic acids is 1. The first-order valence-corrected chi connectivity index (χ1v) is 7.27. The number of hydrogen-bond donors (Lipinski definition) is 1. The van der Waals surface area contributed by atoms with E-state index in [2.05, 4.69) is 14.9 Å². The molecule has 1 aliphatic rings. The van der Waals surface area contributed by atoms with Crippen LogP contribution in [0.25, 0.3) is 11.3 Å². The van der Waals surface area contributed by atoms with Gasteiger partial charge in [0.05, 0.1) is 17.8 Å². The Kier molecular flexibility index (Phi) is 3.73. The summed E-state index contributed by atoms with van der Waals surface area (Å²) in [5, 5.41) is 2.88. The summed E-state index contributed by atoms with van der Waals surface area (Å²) in [5.74, 6) is 0.819. The van der Waals surface area contributed by atoms with Crippen LogP contribution in [0.3, 0.4) is 0 Å². The van der Waals surface area contributed by atoms with Crippen molar-refractivity contribution in [2.45, 2.75) is 26.3 Å². The van der Waals surface area contributed by atoms with Crippen LogP contribution in [-0.4, -0.2) is 22.0 Å². The fourth-order valence-corrected chi connectivity index (χ4v) is 2.82. The average molecular weight is 287 g/mol. The first kappa shape index (κ1) is 13.8. The van der Waals surface area contributed by atoms with Gasteiger partial charge >= 0.3 is 0 Å². The summed E-state index contributed by atoms with van der Waals surface area (Å²) in [6.07, 6.45) is 3.43. The Morgan fingerprint density at radius 1 is 1.43 bits per heavy atom. The van der Waals surface area contributed by atoms with Gasteiger partial charge in [0.2, 0.25) is 5.91 Å². The van der Waals surface area contributed by atoms with Crippen molar-refractivity contribution in [3.63, 3.8) is 0 Å². The second-order valence-electron chi connectivity index (χ2n) is 5.31. The van der Waals surface area contributed by atoms with Crippen molar-refractivity contribution in [2.24, 2.45) is 5.92 Å². The molecule has 1 aromatic heterocycles. The molecule has 1 N–H and O–H groups in total. The van der Waals surface area contributed by atoms with E-state index < -0.39 is 0 Å². The SMILES string of the molecule is CCNC(=O)C1CCc2ncc(-c3ccc(F)cc3)n2C1. The number of hydrogen-bond acceptors (Lipinski definition) is 2. The summed E-state index contributed by atoms with van der Waals surface area (Å²) in [4.78, 5) is 16.5. The van der Waals surface area contributed by atoms with Crippen molar-refractivity contribution in [2.75, 3.05) is 6.54 Å². The van der Waals surface area contributed by atoms with Crippen molar-refractivity contribution in [1.82, 2.24) is 14.9 Å². The van der Waals surface area contributed by atoms with E-state index in [0.717, 1.165) is 29.9 Å². The van der Waals surface area contributed by atoms with Crippen LogP contribution in [0.15, 0.2) is 30.5 Å². The fraction of sp³-hybridized carbons (Fsp3) is 0.375. The topological polar surface area (TPSA) is 46.9 Å². The molecular formula is C16H18FN3O. The van der Waals surface area contributed by atoms with Gasteiger partial charge in [-0.15, -0.1) is 0 Å². The highest BCUT2D eigenvalue weighted by Gasteiger charge is 2.26. The van der Waals surface area contributed by atoms with Crippen LogP contribution < -0.4 is 5.32 Å². The normalized spacial score (nSPS) is 17.3. The molecule has 5 heteroatoms. The molecule has 1 amide bonds. The number of amides is 1. The Morgan fingerprint density at radius 3 is 2.90 bits per heavy atom. The second-order valence-corrected chi connectivity index (χ2v) is 5.31. The smallest absolute Gasteiger partial charge is 0.224 e. The molecule has 2 heterocycles. The van der Waals surface area contributed by atoms with Crippen LogP contribution in [0.1, 0.15) is 19.2 Å². The monoisotopic (exact) mass is 287 g/mol. The molecule has 110 valence electrons. The molecule has 2 aromatic rings. The van der Waals surface area contributed by atoms with Crippen LogP contribution in [0.5, 0.6) is 0 Å². The lowest BCUT2D eigenvalue weighted by atomic mass is 9.98. The van der Waals surface area contributed by atoms with Gasteiger partial charge < -0.3 is 9.88 Å². The molecule has 4 nitrogen and oxygen atoms in total. The summed E-state index contributed by atoms with van der Waals surface area (Å²) in [6.45, 7) is 3.21. The summed E-state index contributed by atoms with van der Waals surface area (Å²) < 4.78 is 15.1. The predicted molar refractivity (Wildman–Crippen MR) is 78.1 cm³/mol. The molecule has 0 aliphatic carbocycles. The lowest BCUT2D eigenvalue weighted by molar-refractivity contribution is -0.125. The number of aryl methyl sites for hydroxylation is 1. The van der Waals surface area contributed by atoms with Gasteiger partial charge in [0.15, 0.2) is 0 Å². The highest BCUT2D eigenvalue weighted by molar-refractivity contribution is 5.78. The van der Waals surface area contributed by atoms with Crippen LogP contribution in [-0.2, 0) is 17.8 Å². The van der Waals surface area contributed by atoms with E-state index in [1.807, 2.05) is 13.1 Å². The van der Waals surface area contributed by atoms with E-state index in [0.29, 0.717) is 13.1 Å². The maximum absolute atomic E-state index is 13.0. The van der Waals surface area contributed by atoms with Crippen molar-refractivity contribution in [3.05, 3.63) is 42.1 Å². The molecule has 21 heavy (non-hydrogen) atoms. The minimum atomic E-state index is -0.252. The minimum Gasteiger partial charge on any atom is -0.356 e. The summed E-state index contributed by atoms with van der Waals surface area (Å²) in [5.41, 5.74) is 1.87. The van der Waals surface area contributed by atoms with Gasteiger partial charge in [0.25, 0.3) is 0 Å². The van der Waals surface area contributed by atoms with Gasteiger partial charge in [-0.1, -0.05) is 0 Å². The van der Waals surface area contributed by atoms with Crippen LogP contribution in [0, 0.1) is 11.7 Å². The number of halogens is 1. The molecule has 0 radical (unpaired) electrons. The van der Waals surface area contributed by atoms with E-state index in [1.165, 1.54) is 12.1 Å². The Bertz CT molecular complexity index is 648. The zero-order valence-corrected chi connectivity index (χ0v) is 12.0. The Labute approximate surface area is 123 Å². The lowest BCUT2D eigenvalue weighted by Crippen LogP contribution is -2.36. The van der Waals surface area contributed by atoms with Gasteiger partial charge in [0, 0.05) is 19.5 Å². The number of fused-ring (bicyclic) bond motifs is 1. The number of carbonyl (C=O) groups is 1. The number of rotatable bonds is 3. The maximum Gasteiger partial charge on any atom is 0.224 e. The van der Waals surface area contributed by atoms with E-state index in [4.69, 9.17) is 0 Å². The van der Waals surface area contributed by atoms with E-state index in [-0.39, 0.29) is 17.6 Å². The Balaban J connectivity index is 1.89. The van der Waals surface area contributed by atoms with Crippen molar-refractivity contribution in [1.29, 1.82) is 0 Å². The molecule has 1 unspecified atom stereocenters. The quantitative estimate of drug-likeness (QED) is 0.942. The molecule has 1 aliphatic heterocycles. The van der Waals surface area contributed by atoms with Gasteiger partial charge in [-0.05, 0) is 43.2 Å². The van der Waals surface area contributed by atoms with Crippen molar-refractivity contribution < 1.29 is 9.18 Å². The third-order valence-electron chi connectivity index (χ3n) is 3.92. The molecule has 1 aromatic carbocycles. The van der Waals surface area contributed by atoms with Gasteiger partial charge in [-0.3, -0.25) is 4.79 Å². The summed E-state index contributed by atoms with van der Waals surface area (Å²) in [7, 11) is 0. The Morgan fingerprint density at radius 2 is 2.19 bits per heavy atom. The molecular weight excluding hydrogens is 269 g/mol. The highest BCUT2D eigenvalue weighted by Crippen LogP contribution is 2.27. The first-order chi connectivity index (χ1) is 10.2. The van der Waals surface area contributed by atoms with E-state index in [1.54, 1.807) is 12.1 Å².